The third kappa shape index (κ3) is 1.62. The zero-order chi connectivity index (χ0) is 9.97. The molecule has 2 rings (SSSR count). The van der Waals surface area contributed by atoms with Gasteiger partial charge in [0, 0.05) is 21.4 Å². The van der Waals surface area contributed by atoms with Gasteiger partial charge < -0.3 is 0 Å². The molecule has 0 aliphatic carbocycles. The lowest BCUT2D eigenvalue weighted by atomic mass is 10.2. The summed E-state index contributed by atoms with van der Waals surface area (Å²) in [7, 11) is 0. The molecule has 0 aliphatic heterocycles. The molecule has 0 fully saturated rings. The normalized spacial score (nSPS) is 10.7. The van der Waals surface area contributed by atoms with E-state index in [1.807, 2.05) is 12.3 Å². The van der Waals surface area contributed by atoms with E-state index in [1.165, 1.54) is 15.2 Å². The fourth-order valence-corrected chi connectivity index (χ4v) is 2.61. The molecule has 0 bridgehead atoms. The van der Waals surface area contributed by atoms with E-state index in [1.54, 1.807) is 23.5 Å². The minimum absolute atomic E-state index is 1.12. The van der Waals surface area contributed by atoms with Gasteiger partial charge in [0.2, 0.25) is 0 Å². The molecule has 0 unspecified atom stereocenters. The van der Waals surface area contributed by atoms with Gasteiger partial charge in [-0.3, -0.25) is 4.98 Å². The van der Waals surface area contributed by atoms with Crippen LogP contribution in [0.1, 0.15) is 0 Å². The van der Waals surface area contributed by atoms with E-state index in [4.69, 9.17) is 0 Å². The van der Waals surface area contributed by atoms with Crippen molar-refractivity contribution in [1.82, 2.24) is 4.98 Å². The highest BCUT2D eigenvalue weighted by Gasteiger charge is 2.04. The second-order valence-electron chi connectivity index (χ2n) is 2.87. The molecule has 14 heavy (non-hydrogen) atoms. The Morgan fingerprint density at radius 2 is 1.71 bits per heavy atom. The molecule has 2 aromatic rings. The van der Waals surface area contributed by atoms with Crippen molar-refractivity contribution >= 4 is 34.4 Å². The van der Waals surface area contributed by atoms with E-state index < -0.39 is 0 Å². The second-order valence-corrected chi connectivity index (χ2v) is 4.57. The molecular weight excluding hydrogens is 210 g/mol. The lowest BCUT2D eigenvalue weighted by molar-refractivity contribution is 1.32. The molecule has 0 aliphatic rings. The van der Waals surface area contributed by atoms with Gasteiger partial charge in [-0.05, 0) is 30.7 Å². The summed E-state index contributed by atoms with van der Waals surface area (Å²) in [6.45, 7) is 0. The predicted molar refractivity (Wildman–Crippen MR) is 65.3 cm³/mol. The summed E-state index contributed by atoms with van der Waals surface area (Å²) >= 11 is 3.51. The summed E-state index contributed by atoms with van der Waals surface area (Å²) in [6.07, 6.45) is 6.04. The Morgan fingerprint density at radius 3 is 2.43 bits per heavy atom. The highest BCUT2D eigenvalue weighted by Crippen LogP contribution is 2.31. The molecule has 0 saturated heterocycles. The molecule has 0 spiro atoms. The van der Waals surface area contributed by atoms with E-state index in [0.29, 0.717) is 0 Å². The third-order valence-electron chi connectivity index (χ3n) is 2.13. The molecule has 1 aromatic carbocycles. The van der Waals surface area contributed by atoms with Crippen molar-refractivity contribution in [1.29, 1.82) is 0 Å². The first-order chi connectivity index (χ1) is 6.86. The molecule has 0 N–H and O–H groups in total. The van der Waals surface area contributed by atoms with Crippen molar-refractivity contribution in [2.24, 2.45) is 0 Å². The largest absolute Gasteiger partial charge is 0.255 e. The molecular formula is C11H11NS2. The zero-order valence-corrected chi connectivity index (χ0v) is 9.78. The number of pyridine rings is 1. The van der Waals surface area contributed by atoms with Crippen molar-refractivity contribution in [3.63, 3.8) is 0 Å². The van der Waals surface area contributed by atoms with Gasteiger partial charge >= 0.3 is 0 Å². The van der Waals surface area contributed by atoms with Crippen molar-refractivity contribution in [2.75, 3.05) is 12.5 Å². The summed E-state index contributed by atoms with van der Waals surface area (Å²) in [4.78, 5) is 6.97. The lowest BCUT2D eigenvalue weighted by Gasteiger charge is -2.06. The summed E-state index contributed by atoms with van der Waals surface area (Å²) in [5, 5.41) is 1.26. The van der Waals surface area contributed by atoms with Gasteiger partial charge in [-0.25, -0.2) is 0 Å². The molecule has 0 atom stereocenters. The quantitative estimate of drug-likeness (QED) is 0.718. The molecule has 1 aromatic heterocycles. The Hall–Kier alpha value is -0.670. The minimum Gasteiger partial charge on any atom is -0.255 e. The number of hydrogen-bond acceptors (Lipinski definition) is 3. The van der Waals surface area contributed by atoms with Crippen LogP contribution in [0.25, 0.3) is 10.9 Å². The summed E-state index contributed by atoms with van der Waals surface area (Å²) < 4.78 is 0. The van der Waals surface area contributed by atoms with Crippen molar-refractivity contribution in [3.05, 3.63) is 30.5 Å². The fraction of sp³-hybridized carbons (Fsp3) is 0.182. The minimum atomic E-state index is 1.12. The smallest absolute Gasteiger partial charge is 0.0848 e. The van der Waals surface area contributed by atoms with Crippen LogP contribution in [-0.2, 0) is 0 Å². The number of hydrogen-bond donors (Lipinski definition) is 0. The van der Waals surface area contributed by atoms with Crippen LogP contribution in [0.2, 0.25) is 0 Å². The summed E-state index contributed by atoms with van der Waals surface area (Å²) in [5.41, 5.74) is 1.12. The Labute approximate surface area is 92.3 Å². The highest BCUT2D eigenvalue weighted by atomic mass is 32.2. The van der Waals surface area contributed by atoms with Crippen LogP contribution in [0.5, 0.6) is 0 Å². The average Bonchev–Trinajstić information content (AvgIpc) is 2.27. The maximum atomic E-state index is 4.43. The summed E-state index contributed by atoms with van der Waals surface area (Å²) in [5.74, 6) is 0. The standard InChI is InChI=1S/C11H11NS2/c1-13-9-5-6-10(14-2)11-8(9)4-3-7-12-11/h3-7H,1-2H3. The molecule has 1 nitrogen and oxygen atoms in total. The van der Waals surface area contributed by atoms with Crippen LogP contribution < -0.4 is 0 Å². The van der Waals surface area contributed by atoms with Crippen LogP contribution >= 0.6 is 23.5 Å². The first kappa shape index (κ1) is 9.87. The molecule has 0 saturated carbocycles. The third-order valence-corrected chi connectivity index (χ3v) is 3.70. The molecule has 0 radical (unpaired) electrons. The Balaban J connectivity index is 2.78. The zero-order valence-electron chi connectivity index (χ0n) is 8.15. The van der Waals surface area contributed by atoms with Crippen molar-refractivity contribution in [3.8, 4) is 0 Å². The predicted octanol–water partition coefficient (Wildman–Crippen LogP) is 3.68. The maximum Gasteiger partial charge on any atom is 0.0848 e. The van der Waals surface area contributed by atoms with Crippen LogP contribution in [-0.4, -0.2) is 17.5 Å². The van der Waals surface area contributed by atoms with Crippen LogP contribution in [0.15, 0.2) is 40.3 Å². The molecule has 0 amide bonds. The van der Waals surface area contributed by atoms with Crippen molar-refractivity contribution in [2.45, 2.75) is 9.79 Å². The molecule has 3 heteroatoms. The topological polar surface area (TPSA) is 12.9 Å². The first-order valence-corrected chi connectivity index (χ1v) is 6.77. The maximum absolute atomic E-state index is 4.43. The van der Waals surface area contributed by atoms with Gasteiger partial charge in [0.15, 0.2) is 0 Å². The number of benzene rings is 1. The summed E-state index contributed by atoms with van der Waals surface area (Å²) in [6, 6.07) is 8.44. The van der Waals surface area contributed by atoms with Gasteiger partial charge in [-0.15, -0.1) is 23.5 Å². The van der Waals surface area contributed by atoms with E-state index in [0.717, 1.165) is 5.52 Å². The van der Waals surface area contributed by atoms with E-state index in [-0.39, 0.29) is 0 Å². The van der Waals surface area contributed by atoms with E-state index in [2.05, 4.69) is 35.7 Å². The fourth-order valence-electron chi connectivity index (χ4n) is 1.46. The SMILES string of the molecule is CSc1ccc(SC)c2ncccc12. The van der Waals surface area contributed by atoms with Gasteiger partial charge in [-0.1, -0.05) is 6.07 Å². The number of rotatable bonds is 2. The monoisotopic (exact) mass is 221 g/mol. The van der Waals surface area contributed by atoms with Gasteiger partial charge in [0.1, 0.15) is 0 Å². The van der Waals surface area contributed by atoms with Gasteiger partial charge in [0.25, 0.3) is 0 Å². The Morgan fingerprint density at radius 1 is 1.00 bits per heavy atom. The van der Waals surface area contributed by atoms with E-state index in [9.17, 15) is 0 Å². The van der Waals surface area contributed by atoms with Crippen LogP contribution in [0.4, 0.5) is 0 Å². The Kier molecular flexibility index (Phi) is 2.99. The first-order valence-electron chi connectivity index (χ1n) is 4.32. The average molecular weight is 221 g/mol. The number of fused-ring (bicyclic) bond motifs is 1. The highest BCUT2D eigenvalue weighted by molar-refractivity contribution is 7.99. The number of aromatic nitrogens is 1. The Bertz CT molecular complexity index is 411. The van der Waals surface area contributed by atoms with E-state index >= 15 is 0 Å². The molecule has 1 heterocycles. The lowest BCUT2D eigenvalue weighted by Crippen LogP contribution is -1.83. The van der Waals surface area contributed by atoms with Gasteiger partial charge in [-0.2, -0.15) is 0 Å². The second kappa shape index (κ2) is 4.24. The molecule has 72 valence electrons. The number of nitrogens with zero attached hydrogens (tertiary/aromatic N) is 1. The van der Waals surface area contributed by atoms with Gasteiger partial charge in [0.05, 0.1) is 5.52 Å². The van der Waals surface area contributed by atoms with Crippen LogP contribution in [0, 0.1) is 0 Å². The van der Waals surface area contributed by atoms with Crippen LogP contribution in [0.3, 0.4) is 0 Å². The van der Waals surface area contributed by atoms with Crippen molar-refractivity contribution < 1.29 is 0 Å². The number of thioether (sulfide) groups is 2.